The number of carbonyl (C=O) groups excluding carboxylic acids is 2. The van der Waals surface area contributed by atoms with Crippen molar-refractivity contribution in [2.45, 2.75) is 40.0 Å². The molecule has 1 aliphatic carbocycles. The minimum Gasteiger partial charge on any atom is -0.378 e. The number of amides is 2. The van der Waals surface area contributed by atoms with Gasteiger partial charge in [-0.05, 0) is 44.6 Å². The number of thiophene rings is 1. The second-order valence-corrected chi connectivity index (χ2v) is 8.72. The fourth-order valence-corrected chi connectivity index (χ4v) is 5.36. The molecule has 1 aliphatic heterocycles. The maximum Gasteiger partial charge on any atom is 0.261 e. The van der Waals surface area contributed by atoms with E-state index in [4.69, 9.17) is 9.26 Å². The Hall–Kier alpha value is -2.19. The molecule has 2 aliphatic rings. The molecule has 0 radical (unpaired) electrons. The third-order valence-corrected chi connectivity index (χ3v) is 6.68. The van der Waals surface area contributed by atoms with Crippen molar-refractivity contribution < 1.29 is 18.8 Å². The predicted octanol–water partition coefficient (Wildman–Crippen LogP) is 3.20. The van der Waals surface area contributed by atoms with Crippen molar-refractivity contribution in [2.75, 3.05) is 31.6 Å². The van der Waals surface area contributed by atoms with Crippen LogP contribution in [0.5, 0.6) is 0 Å². The average molecular weight is 404 g/mol. The first-order valence-electron chi connectivity index (χ1n) is 9.71. The summed E-state index contributed by atoms with van der Waals surface area (Å²) in [6.45, 7) is 7.95. The first kappa shape index (κ1) is 19.1. The zero-order valence-corrected chi connectivity index (χ0v) is 17.3. The van der Waals surface area contributed by atoms with E-state index >= 15 is 0 Å². The van der Waals surface area contributed by atoms with E-state index in [-0.39, 0.29) is 11.8 Å². The van der Waals surface area contributed by atoms with Gasteiger partial charge in [0.1, 0.15) is 16.3 Å². The number of carbonyl (C=O) groups is 2. The van der Waals surface area contributed by atoms with Gasteiger partial charge in [-0.2, -0.15) is 0 Å². The topological polar surface area (TPSA) is 84.7 Å². The summed E-state index contributed by atoms with van der Waals surface area (Å²) in [5.41, 5.74) is 2.75. The average Bonchev–Trinajstić information content (AvgIpc) is 3.20. The van der Waals surface area contributed by atoms with E-state index in [2.05, 4.69) is 17.4 Å². The number of ether oxygens (including phenoxy) is 1. The van der Waals surface area contributed by atoms with Crippen molar-refractivity contribution in [3.8, 4) is 0 Å². The first-order chi connectivity index (χ1) is 13.5. The number of aromatic nitrogens is 1. The van der Waals surface area contributed by atoms with E-state index in [1.54, 1.807) is 13.8 Å². The minimum absolute atomic E-state index is 0.00980. The lowest BCUT2D eigenvalue weighted by Crippen LogP contribution is -2.41. The van der Waals surface area contributed by atoms with Gasteiger partial charge in [0.2, 0.25) is 0 Å². The molecule has 2 amide bonds. The number of rotatable bonds is 3. The molecule has 2 aromatic heterocycles. The van der Waals surface area contributed by atoms with E-state index in [9.17, 15) is 9.59 Å². The van der Waals surface area contributed by atoms with Crippen LogP contribution in [0.3, 0.4) is 0 Å². The van der Waals surface area contributed by atoms with Gasteiger partial charge in [-0.3, -0.25) is 9.59 Å². The van der Waals surface area contributed by atoms with Crippen LogP contribution in [0.2, 0.25) is 0 Å². The van der Waals surface area contributed by atoms with E-state index in [1.165, 1.54) is 16.2 Å². The second-order valence-electron chi connectivity index (χ2n) is 7.61. The van der Waals surface area contributed by atoms with Crippen molar-refractivity contribution in [1.29, 1.82) is 0 Å². The van der Waals surface area contributed by atoms with Gasteiger partial charge in [-0.25, -0.2) is 0 Å². The van der Waals surface area contributed by atoms with Gasteiger partial charge in [0.05, 0.1) is 24.5 Å². The highest BCUT2D eigenvalue weighted by molar-refractivity contribution is 7.17. The van der Waals surface area contributed by atoms with Crippen molar-refractivity contribution in [3.05, 3.63) is 33.0 Å². The molecule has 0 spiro atoms. The van der Waals surface area contributed by atoms with Crippen LogP contribution in [0.1, 0.15) is 56.0 Å². The third kappa shape index (κ3) is 3.46. The maximum atomic E-state index is 13.3. The molecular formula is C20H25N3O4S. The molecular weight excluding hydrogens is 378 g/mol. The molecule has 1 saturated heterocycles. The van der Waals surface area contributed by atoms with Crippen LogP contribution in [0, 0.1) is 19.8 Å². The number of hydrogen-bond donors (Lipinski definition) is 1. The van der Waals surface area contributed by atoms with E-state index in [0.717, 1.165) is 24.8 Å². The van der Waals surface area contributed by atoms with E-state index < -0.39 is 0 Å². The highest BCUT2D eigenvalue weighted by Gasteiger charge is 2.32. The fourth-order valence-electron chi connectivity index (χ4n) is 3.96. The van der Waals surface area contributed by atoms with Crippen LogP contribution in [0.4, 0.5) is 5.00 Å². The summed E-state index contributed by atoms with van der Waals surface area (Å²) in [6.07, 6.45) is 2.88. The summed E-state index contributed by atoms with van der Waals surface area (Å²) in [5.74, 6) is 0.776. The summed E-state index contributed by atoms with van der Waals surface area (Å²) in [4.78, 5) is 29.3. The molecule has 1 N–H and O–H groups in total. The third-order valence-electron chi connectivity index (χ3n) is 5.51. The number of morpholine rings is 1. The SMILES string of the molecule is Cc1noc(C)c1C(=O)Nc1sc2c(c1C(=O)N1CCOCC1)CC[C@H](C)C2. The van der Waals surface area contributed by atoms with Gasteiger partial charge >= 0.3 is 0 Å². The second kappa shape index (κ2) is 7.67. The standard InChI is InChI=1S/C20H25N3O4S/c1-11-4-5-14-15(10-11)28-19(17(14)20(25)23-6-8-26-9-7-23)21-18(24)16-12(2)22-27-13(16)3/h11H,4-10H2,1-3H3,(H,21,24)/t11-/m0/s1. The zero-order valence-electron chi connectivity index (χ0n) is 16.5. The number of nitrogens with zero attached hydrogens (tertiary/aromatic N) is 2. The Bertz CT molecular complexity index is 891. The van der Waals surface area contributed by atoms with Crippen molar-refractivity contribution in [1.82, 2.24) is 10.1 Å². The molecule has 3 heterocycles. The Morgan fingerprint density at radius 3 is 2.64 bits per heavy atom. The van der Waals surface area contributed by atoms with Crippen LogP contribution < -0.4 is 5.32 Å². The zero-order chi connectivity index (χ0) is 19.8. The normalized spacial score (nSPS) is 19.4. The molecule has 2 aromatic rings. The van der Waals surface area contributed by atoms with Crippen LogP contribution in [0.25, 0.3) is 0 Å². The van der Waals surface area contributed by atoms with Crippen LogP contribution in [-0.4, -0.2) is 48.2 Å². The number of hydrogen-bond acceptors (Lipinski definition) is 6. The van der Waals surface area contributed by atoms with Gasteiger partial charge in [-0.15, -0.1) is 11.3 Å². The Morgan fingerprint density at radius 2 is 1.96 bits per heavy atom. The van der Waals surface area contributed by atoms with E-state index in [0.29, 0.717) is 59.8 Å². The lowest BCUT2D eigenvalue weighted by atomic mass is 9.88. The van der Waals surface area contributed by atoms with Gasteiger partial charge < -0.3 is 19.5 Å². The minimum atomic E-state index is -0.279. The molecule has 1 fully saturated rings. The van der Waals surface area contributed by atoms with Crippen LogP contribution in [0.15, 0.2) is 4.52 Å². The smallest absolute Gasteiger partial charge is 0.261 e. The number of fused-ring (bicyclic) bond motifs is 1. The van der Waals surface area contributed by atoms with Crippen molar-refractivity contribution in [3.63, 3.8) is 0 Å². The molecule has 0 unspecified atom stereocenters. The lowest BCUT2D eigenvalue weighted by molar-refractivity contribution is 0.0303. The highest BCUT2D eigenvalue weighted by atomic mass is 32.1. The molecule has 0 bridgehead atoms. The molecule has 4 rings (SSSR count). The molecule has 0 saturated carbocycles. The van der Waals surface area contributed by atoms with Crippen molar-refractivity contribution in [2.24, 2.45) is 5.92 Å². The van der Waals surface area contributed by atoms with Gasteiger partial charge in [0.15, 0.2) is 0 Å². The van der Waals surface area contributed by atoms with Crippen molar-refractivity contribution >= 4 is 28.2 Å². The molecule has 0 aromatic carbocycles. The molecule has 150 valence electrons. The number of anilines is 1. The first-order valence-corrected chi connectivity index (χ1v) is 10.5. The van der Waals surface area contributed by atoms with Crippen LogP contribution in [-0.2, 0) is 17.6 Å². The van der Waals surface area contributed by atoms with Gasteiger partial charge in [-0.1, -0.05) is 12.1 Å². The summed E-state index contributed by atoms with van der Waals surface area (Å²) in [7, 11) is 0. The summed E-state index contributed by atoms with van der Waals surface area (Å²) < 4.78 is 10.5. The molecule has 1 atom stereocenters. The largest absolute Gasteiger partial charge is 0.378 e. The number of aryl methyl sites for hydroxylation is 2. The predicted molar refractivity (Wildman–Crippen MR) is 106 cm³/mol. The van der Waals surface area contributed by atoms with Gasteiger partial charge in [0, 0.05) is 18.0 Å². The molecule has 7 nitrogen and oxygen atoms in total. The summed E-state index contributed by atoms with van der Waals surface area (Å²) in [6, 6.07) is 0. The Kier molecular flexibility index (Phi) is 5.25. The Labute approximate surface area is 168 Å². The maximum absolute atomic E-state index is 13.3. The molecule has 28 heavy (non-hydrogen) atoms. The molecule has 8 heteroatoms. The van der Waals surface area contributed by atoms with Gasteiger partial charge in [0.25, 0.3) is 11.8 Å². The summed E-state index contributed by atoms with van der Waals surface area (Å²) >= 11 is 1.53. The summed E-state index contributed by atoms with van der Waals surface area (Å²) in [5, 5.41) is 7.49. The van der Waals surface area contributed by atoms with E-state index in [1.807, 2.05) is 4.90 Å². The monoisotopic (exact) mass is 403 g/mol. The quantitative estimate of drug-likeness (QED) is 0.851. The fraction of sp³-hybridized carbons (Fsp3) is 0.550. The highest BCUT2D eigenvalue weighted by Crippen LogP contribution is 2.40. The lowest BCUT2D eigenvalue weighted by Gasteiger charge is -2.28. The number of nitrogens with one attached hydrogen (secondary N) is 1. The Morgan fingerprint density at radius 1 is 1.21 bits per heavy atom. The Balaban J connectivity index is 1.69. The van der Waals surface area contributed by atoms with Crippen LogP contribution >= 0.6 is 11.3 Å².